The normalized spacial score (nSPS) is 16.0. The number of carboxylic acid groups (broad SMARTS) is 1. The third kappa shape index (κ3) is 5.22. The largest absolute Gasteiger partial charge is 0.478 e. The van der Waals surface area contributed by atoms with Gasteiger partial charge in [-0.3, -0.25) is 14.9 Å². The molecule has 0 saturated heterocycles. The van der Waals surface area contributed by atoms with Crippen molar-refractivity contribution in [3.05, 3.63) is 62.5 Å². The molecule has 160 valence electrons. The standard InChI is InChI=1S/C20H22N2O8/c1-11-16(19(24)25)18(14-6-4-7-15(10-14)22(27)28)17(12(2)21-11)20(26)30-9-5-8-29-13(3)23/h4,6-7,10,18,21H,5,8-9H2,1-3H3,(H,24,25). The van der Waals surface area contributed by atoms with E-state index >= 15 is 0 Å². The molecule has 1 heterocycles. The smallest absolute Gasteiger partial charge is 0.336 e. The third-order valence-electron chi connectivity index (χ3n) is 4.45. The lowest BCUT2D eigenvalue weighted by molar-refractivity contribution is -0.384. The number of benzene rings is 1. The van der Waals surface area contributed by atoms with Crippen LogP contribution in [0.5, 0.6) is 0 Å². The Kier molecular flexibility index (Phi) is 7.29. The van der Waals surface area contributed by atoms with Gasteiger partial charge in [0.15, 0.2) is 0 Å². The molecule has 0 aromatic heterocycles. The average molecular weight is 418 g/mol. The van der Waals surface area contributed by atoms with Crippen LogP contribution in [0.25, 0.3) is 0 Å². The van der Waals surface area contributed by atoms with Crippen LogP contribution >= 0.6 is 0 Å². The van der Waals surface area contributed by atoms with Gasteiger partial charge in [0.2, 0.25) is 0 Å². The maximum Gasteiger partial charge on any atom is 0.336 e. The van der Waals surface area contributed by atoms with Crippen molar-refractivity contribution in [2.24, 2.45) is 0 Å². The summed E-state index contributed by atoms with van der Waals surface area (Å²) < 4.78 is 10.0. The van der Waals surface area contributed by atoms with E-state index in [9.17, 15) is 29.6 Å². The Morgan fingerprint density at radius 3 is 2.37 bits per heavy atom. The lowest BCUT2D eigenvalue weighted by atomic mass is 9.80. The number of carboxylic acids is 1. The van der Waals surface area contributed by atoms with Crippen molar-refractivity contribution in [1.82, 2.24) is 5.32 Å². The highest BCUT2D eigenvalue weighted by Gasteiger charge is 2.37. The molecule has 2 N–H and O–H groups in total. The number of ether oxygens (including phenoxy) is 2. The second kappa shape index (κ2) is 9.68. The molecule has 10 nitrogen and oxygen atoms in total. The molecule has 10 heteroatoms. The molecule has 1 unspecified atom stereocenters. The van der Waals surface area contributed by atoms with Gasteiger partial charge in [0.05, 0.1) is 35.2 Å². The molecule has 0 bridgehead atoms. The SMILES string of the molecule is CC(=O)OCCCOC(=O)C1=C(C)NC(C)=C(C(=O)O)C1c1cccc([N+](=O)[O-])c1. The van der Waals surface area contributed by atoms with Gasteiger partial charge in [0, 0.05) is 36.9 Å². The zero-order chi connectivity index (χ0) is 22.4. The Bertz CT molecular complexity index is 948. The van der Waals surface area contributed by atoms with E-state index in [1.165, 1.54) is 31.2 Å². The minimum atomic E-state index is -1.26. The summed E-state index contributed by atoms with van der Waals surface area (Å²) in [5.41, 5.74) is 0.717. The highest BCUT2D eigenvalue weighted by molar-refractivity contribution is 5.99. The Hall–Kier alpha value is -3.69. The van der Waals surface area contributed by atoms with Crippen LogP contribution in [0.15, 0.2) is 46.8 Å². The molecule has 0 fully saturated rings. The molecule has 0 aliphatic carbocycles. The zero-order valence-electron chi connectivity index (χ0n) is 16.8. The van der Waals surface area contributed by atoms with E-state index in [1.807, 2.05) is 0 Å². The van der Waals surface area contributed by atoms with Gasteiger partial charge in [-0.15, -0.1) is 0 Å². The molecule has 1 aromatic rings. The van der Waals surface area contributed by atoms with Crippen molar-refractivity contribution in [2.75, 3.05) is 13.2 Å². The van der Waals surface area contributed by atoms with Gasteiger partial charge < -0.3 is 19.9 Å². The van der Waals surface area contributed by atoms with Crippen LogP contribution in [0.4, 0.5) is 5.69 Å². The molecular weight excluding hydrogens is 396 g/mol. The number of esters is 2. The Balaban J connectivity index is 2.38. The van der Waals surface area contributed by atoms with E-state index in [2.05, 4.69) is 5.32 Å². The van der Waals surface area contributed by atoms with Crippen LogP contribution in [-0.2, 0) is 23.9 Å². The van der Waals surface area contributed by atoms with Crippen molar-refractivity contribution < 1.29 is 33.9 Å². The van der Waals surface area contributed by atoms with Crippen molar-refractivity contribution in [3.63, 3.8) is 0 Å². The van der Waals surface area contributed by atoms with Crippen LogP contribution in [0.2, 0.25) is 0 Å². The fourth-order valence-electron chi connectivity index (χ4n) is 3.22. The number of aliphatic carboxylic acids is 1. The van der Waals surface area contributed by atoms with Crippen LogP contribution < -0.4 is 5.32 Å². The van der Waals surface area contributed by atoms with Crippen molar-refractivity contribution in [1.29, 1.82) is 0 Å². The minimum absolute atomic E-state index is 0.0460. The molecule has 0 amide bonds. The van der Waals surface area contributed by atoms with Gasteiger partial charge >= 0.3 is 17.9 Å². The average Bonchev–Trinajstić information content (AvgIpc) is 2.66. The van der Waals surface area contributed by atoms with Gasteiger partial charge in [-0.1, -0.05) is 12.1 Å². The van der Waals surface area contributed by atoms with Crippen LogP contribution in [0.3, 0.4) is 0 Å². The summed E-state index contributed by atoms with van der Waals surface area (Å²) in [6.07, 6.45) is 0.271. The number of hydrogen-bond acceptors (Lipinski definition) is 8. The fraction of sp³-hybridized carbons (Fsp3) is 0.350. The lowest BCUT2D eigenvalue weighted by Crippen LogP contribution is -2.32. The topological polar surface area (TPSA) is 145 Å². The molecule has 2 rings (SSSR count). The van der Waals surface area contributed by atoms with Crippen molar-refractivity contribution in [2.45, 2.75) is 33.1 Å². The maximum atomic E-state index is 12.8. The summed E-state index contributed by atoms with van der Waals surface area (Å²) >= 11 is 0. The van der Waals surface area contributed by atoms with Gasteiger partial charge in [-0.05, 0) is 19.4 Å². The van der Waals surface area contributed by atoms with Crippen LogP contribution in [-0.4, -0.2) is 41.2 Å². The van der Waals surface area contributed by atoms with E-state index in [-0.39, 0.29) is 42.0 Å². The summed E-state index contributed by atoms with van der Waals surface area (Å²) in [6.45, 7) is 4.45. The Morgan fingerprint density at radius 1 is 1.13 bits per heavy atom. The third-order valence-corrected chi connectivity index (χ3v) is 4.45. The summed E-state index contributed by atoms with van der Waals surface area (Å²) in [5.74, 6) is -3.52. The summed E-state index contributed by atoms with van der Waals surface area (Å²) in [7, 11) is 0. The first-order valence-electron chi connectivity index (χ1n) is 9.10. The first-order valence-corrected chi connectivity index (χ1v) is 9.10. The van der Waals surface area contributed by atoms with Gasteiger partial charge in [0.25, 0.3) is 5.69 Å². The maximum absolute atomic E-state index is 12.8. The molecule has 1 aliphatic heterocycles. The Labute approximate surface area is 172 Å². The fourth-order valence-corrected chi connectivity index (χ4v) is 3.22. The predicted molar refractivity (Wildman–Crippen MR) is 104 cm³/mol. The number of nitro benzene ring substituents is 1. The monoisotopic (exact) mass is 418 g/mol. The molecule has 1 aromatic carbocycles. The molecule has 0 saturated carbocycles. The number of nitrogens with one attached hydrogen (secondary N) is 1. The highest BCUT2D eigenvalue weighted by Crippen LogP contribution is 2.39. The summed E-state index contributed by atoms with van der Waals surface area (Å²) in [6, 6.07) is 5.49. The molecule has 1 aliphatic rings. The number of non-ortho nitro benzene ring substituents is 1. The van der Waals surface area contributed by atoms with E-state index in [0.717, 1.165) is 0 Å². The number of carbonyl (C=O) groups excluding carboxylic acids is 2. The number of allylic oxidation sites excluding steroid dienone is 2. The number of hydrogen-bond donors (Lipinski definition) is 2. The van der Waals surface area contributed by atoms with E-state index in [4.69, 9.17) is 9.47 Å². The first kappa shape index (κ1) is 22.6. The van der Waals surface area contributed by atoms with Crippen LogP contribution in [0.1, 0.15) is 38.7 Å². The minimum Gasteiger partial charge on any atom is -0.478 e. The molecule has 0 radical (unpaired) electrons. The van der Waals surface area contributed by atoms with E-state index < -0.39 is 28.7 Å². The van der Waals surface area contributed by atoms with Crippen LogP contribution in [0, 0.1) is 10.1 Å². The van der Waals surface area contributed by atoms with Crippen molar-refractivity contribution >= 4 is 23.6 Å². The van der Waals surface area contributed by atoms with Crippen molar-refractivity contribution in [3.8, 4) is 0 Å². The quantitative estimate of drug-likeness (QED) is 0.281. The molecule has 30 heavy (non-hydrogen) atoms. The van der Waals surface area contributed by atoms with E-state index in [1.54, 1.807) is 13.8 Å². The second-order valence-corrected chi connectivity index (χ2v) is 6.62. The molecule has 0 spiro atoms. The summed E-state index contributed by atoms with van der Waals surface area (Å²) in [5, 5.41) is 23.8. The van der Waals surface area contributed by atoms with E-state index in [0.29, 0.717) is 11.4 Å². The zero-order valence-corrected chi connectivity index (χ0v) is 16.8. The summed E-state index contributed by atoms with van der Waals surface area (Å²) in [4.78, 5) is 46.1. The number of dihydropyridines is 1. The molecule has 1 atom stereocenters. The first-order chi connectivity index (χ1) is 14.1. The second-order valence-electron chi connectivity index (χ2n) is 6.62. The number of nitrogens with zero attached hydrogens (tertiary/aromatic N) is 1. The number of rotatable bonds is 8. The van der Waals surface area contributed by atoms with Gasteiger partial charge in [0.1, 0.15) is 0 Å². The predicted octanol–water partition coefficient (Wildman–Crippen LogP) is 2.41. The lowest BCUT2D eigenvalue weighted by Gasteiger charge is -2.29. The van der Waals surface area contributed by atoms with Gasteiger partial charge in [-0.25, -0.2) is 9.59 Å². The highest BCUT2D eigenvalue weighted by atomic mass is 16.6. The number of nitro groups is 1. The number of carbonyl (C=O) groups is 3. The van der Waals surface area contributed by atoms with Gasteiger partial charge in [-0.2, -0.15) is 0 Å². The Morgan fingerprint density at radius 2 is 1.77 bits per heavy atom. The molecular formula is C20H22N2O8.